The molecule has 0 fully saturated rings. The smallest absolute Gasteiger partial charge is 0.207 e. The molecule has 6 aromatic rings. The van der Waals surface area contributed by atoms with Gasteiger partial charge in [-0.2, -0.15) is 5.26 Å². The molecule has 0 atom stereocenters. The maximum absolute atomic E-state index is 14.1. The van der Waals surface area contributed by atoms with Crippen LogP contribution in [0.3, 0.4) is 0 Å². The number of anilines is 3. The second-order valence-electron chi connectivity index (χ2n) is 12.5. The molecule has 222 valence electrons. The normalized spacial score (nSPS) is 16.2. The minimum atomic E-state index is -3.75. The van der Waals surface area contributed by atoms with Crippen LogP contribution in [0.15, 0.2) is 155 Å². The summed E-state index contributed by atoms with van der Waals surface area (Å²) in [5.74, 6) is 0. The number of hydrogen-bond acceptors (Lipinski definition) is 4. The van der Waals surface area contributed by atoms with Crippen molar-refractivity contribution in [3.8, 4) is 6.07 Å². The highest BCUT2D eigenvalue weighted by atomic mass is 32.2. The van der Waals surface area contributed by atoms with E-state index in [1.165, 1.54) is 5.56 Å². The van der Waals surface area contributed by atoms with Gasteiger partial charge in [-0.25, -0.2) is 8.42 Å². The summed E-state index contributed by atoms with van der Waals surface area (Å²) in [4.78, 5) is 2.93. The van der Waals surface area contributed by atoms with Gasteiger partial charge in [0.1, 0.15) is 0 Å². The number of benzene rings is 6. The molecule has 0 bridgehead atoms. The summed E-state index contributed by atoms with van der Waals surface area (Å²) in [6, 6.07) is 50.2. The molecule has 8 rings (SSSR count). The Labute approximate surface area is 269 Å². The van der Waals surface area contributed by atoms with Gasteiger partial charge in [0.15, 0.2) is 0 Å². The third-order valence-corrected chi connectivity index (χ3v) is 11.7. The number of fused-ring (bicyclic) bond motifs is 4. The first-order valence-corrected chi connectivity index (χ1v) is 16.8. The topological polar surface area (TPSA) is 61.2 Å². The molecule has 2 heterocycles. The minimum Gasteiger partial charge on any atom is -0.310 e. The van der Waals surface area contributed by atoms with E-state index in [4.69, 9.17) is 0 Å². The second-order valence-corrected chi connectivity index (χ2v) is 14.4. The van der Waals surface area contributed by atoms with Gasteiger partial charge in [0.2, 0.25) is 9.84 Å². The first kappa shape index (κ1) is 28.1. The van der Waals surface area contributed by atoms with Crippen LogP contribution in [0.25, 0.3) is 0 Å². The first-order valence-electron chi connectivity index (χ1n) is 15.3. The molecular weight excluding hydrogens is 585 g/mol. The lowest BCUT2D eigenvalue weighted by molar-refractivity contribution is 0.577. The van der Waals surface area contributed by atoms with Crippen molar-refractivity contribution in [1.29, 1.82) is 5.26 Å². The summed E-state index contributed by atoms with van der Waals surface area (Å²) in [6.07, 6.45) is 0. The van der Waals surface area contributed by atoms with Gasteiger partial charge < -0.3 is 4.90 Å². The van der Waals surface area contributed by atoms with Crippen molar-refractivity contribution in [3.63, 3.8) is 0 Å². The number of rotatable bonds is 3. The van der Waals surface area contributed by atoms with E-state index in [1.807, 2.05) is 78.9 Å². The Morgan fingerprint density at radius 3 is 1.74 bits per heavy atom. The zero-order chi connectivity index (χ0) is 31.7. The monoisotopic (exact) mass is 614 g/mol. The van der Waals surface area contributed by atoms with Crippen LogP contribution in [0.5, 0.6) is 0 Å². The number of nitrogens with zero attached hydrogens (tertiary/aromatic N) is 2. The molecule has 6 aromatic carbocycles. The van der Waals surface area contributed by atoms with Gasteiger partial charge in [-0.1, -0.05) is 111 Å². The fraction of sp³-hybridized carbons (Fsp3) is 0.0976. The maximum atomic E-state index is 14.1. The lowest BCUT2D eigenvalue weighted by Crippen LogP contribution is -2.38. The molecule has 0 N–H and O–H groups in total. The van der Waals surface area contributed by atoms with Gasteiger partial charge in [-0.3, -0.25) is 0 Å². The van der Waals surface area contributed by atoms with Crippen LogP contribution < -0.4 is 4.90 Å². The second kappa shape index (κ2) is 10.0. The quantitative estimate of drug-likeness (QED) is 0.199. The van der Waals surface area contributed by atoms with Crippen LogP contribution in [0, 0.1) is 11.3 Å². The van der Waals surface area contributed by atoms with E-state index >= 15 is 0 Å². The highest BCUT2D eigenvalue weighted by molar-refractivity contribution is 7.91. The Morgan fingerprint density at radius 1 is 0.565 bits per heavy atom. The van der Waals surface area contributed by atoms with Gasteiger partial charge in [-0.15, -0.1) is 0 Å². The molecule has 2 aliphatic heterocycles. The molecule has 46 heavy (non-hydrogen) atoms. The van der Waals surface area contributed by atoms with Crippen molar-refractivity contribution in [3.05, 3.63) is 185 Å². The predicted molar refractivity (Wildman–Crippen MR) is 182 cm³/mol. The van der Waals surface area contributed by atoms with E-state index in [0.717, 1.165) is 44.9 Å². The Balaban J connectivity index is 1.48. The highest BCUT2D eigenvalue weighted by Crippen LogP contribution is 2.57. The van der Waals surface area contributed by atoms with E-state index in [-0.39, 0.29) is 5.41 Å². The van der Waals surface area contributed by atoms with E-state index in [9.17, 15) is 13.7 Å². The largest absolute Gasteiger partial charge is 0.310 e. The molecular formula is C41H30N2O2S. The SMILES string of the molecule is CC1(C)c2ccccc2N(c2ccc(C#N)cc2)c2ccc(C3(c4ccccc4)c4ccccc4S(=O)(=O)c4ccccc43)cc21. The van der Waals surface area contributed by atoms with E-state index in [0.29, 0.717) is 15.4 Å². The zero-order valence-corrected chi connectivity index (χ0v) is 26.3. The third-order valence-electron chi connectivity index (χ3n) is 9.78. The summed E-state index contributed by atoms with van der Waals surface area (Å²) in [6.45, 7) is 4.51. The van der Waals surface area contributed by atoms with Crippen LogP contribution in [0.4, 0.5) is 17.1 Å². The summed E-state index contributed by atoms with van der Waals surface area (Å²) in [5, 5.41) is 9.47. The Bertz CT molecular complexity index is 2260. The highest BCUT2D eigenvalue weighted by Gasteiger charge is 2.49. The van der Waals surface area contributed by atoms with Gasteiger partial charge in [-0.05, 0) is 81.9 Å². The Morgan fingerprint density at radius 2 is 1.11 bits per heavy atom. The Kier molecular flexibility index (Phi) is 6.12. The predicted octanol–water partition coefficient (Wildman–Crippen LogP) is 9.20. The minimum absolute atomic E-state index is 0.332. The number of sulfone groups is 1. The third kappa shape index (κ3) is 3.74. The fourth-order valence-electron chi connectivity index (χ4n) is 7.66. The Hall–Kier alpha value is -5.44. The van der Waals surface area contributed by atoms with Crippen LogP contribution in [0.2, 0.25) is 0 Å². The lowest BCUT2D eigenvalue weighted by atomic mass is 9.63. The number of para-hydroxylation sites is 1. The fourth-order valence-corrected chi connectivity index (χ4v) is 9.44. The molecule has 0 saturated heterocycles. The molecule has 0 aromatic heterocycles. The van der Waals surface area contributed by atoms with Crippen molar-refractivity contribution in [1.82, 2.24) is 0 Å². The van der Waals surface area contributed by atoms with Crippen LogP contribution >= 0.6 is 0 Å². The van der Waals surface area contributed by atoms with Gasteiger partial charge >= 0.3 is 0 Å². The molecule has 2 aliphatic rings. The summed E-state index contributed by atoms with van der Waals surface area (Å²) >= 11 is 0. The van der Waals surface area contributed by atoms with Crippen molar-refractivity contribution in [2.45, 2.75) is 34.5 Å². The summed E-state index contributed by atoms with van der Waals surface area (Å²) in [5.41, 5.74) is 8.27. The molecule has 0 radical (unpaired) electrons. The molecule has 0 spiro atoms. The van der Waals surface area contributed by atoms with Gasteiger partial charge in [0.05, 0.1) is 38.2 Å². The molecule has 0 saturated carbocycles. The summed E-state index contributed by atoms with van der Waals surface area (Å²) < 4.78 is 28.3. The van der Waals surface area contributed by atoms with Crippen LogP contribution in [0.1, 0.15) is 52.8 Å². The first-order chi connectivity index (χ1) is 22.3. The van der Waals surface area contributed by atoms with Crippen molar-refractivity contribution in [2.24, 2.45) is 0 Å². The lowest BCUT2D eigenvalue weighted by Gasteiger charge is -2.45. The average molecular weight is 615 g/mol. The average Bonchev–Trinajstić information content (AvgIpc) is 3.10. The van der Waals surface area contributed by atoms with Gasteiger partial charge in [0, 0.05) is 11.1 Å². The molecule has 5 heteroatoms. The number of hydrogen-bond donors (Lipinski definition) is 0. The summed E-state index contributed by atoms with van der Waals surface area (Å²) in [7, 11) is -3.75. The van der Waals surface area contributed by atoms with Crippen molar-refractivity contribution in [2.75, 3.05) is 4.90 Å². The standard InChI is InChI=1S/C41H30N2O2S/c1-40(2)32-14-6-9-17-36(32)43(31-23-20-28(27-42)21-24-31)37-25-22-30(26-35(37)40)41(29-12-4-3-5-13-29)33-15-7-10-18-38(33)46(44,45)39-19-11-8-16-34(39)41/h3-26H,1-2H3. The van der Waals surface area contributed by atoms with Crippen molar-refractivity contribution >= 4 is 26.9 Å². The van der Waals surface area contributed by atoms with E-state index < -0.39 is 15.3 Å². The van der Waals surface area contributed by atoms with E-state index in [1.54, 1.807) is 12.1 Å². The molecule has 4 nitrogen and oxygen atoms in total. The van der Waals surface area contributed by atoms with E-state index in [2.05, 4.69) is 79.4 Å². The molecule has 0 amide bonds. The van der Waals surface area contributed by atoms with Gasteiger partial charge in [0.25, 0.3) is 0 Å². The molecule has 0 aliphatic carbocycles. The molecule has 0 unspecified atom stereocenters. The maximum Gasteiger partial charge on any atom is 0.207 e. The van der Waals surface area contributed by atoms with Crippen LogP contribution in [-0.4, -0.2) is 8.42 Å². The van der Waals surface area contributed by atoms with Crippen LogP contribution in [-0.2, 0) is 20.7 Å². The van der Waals surface area contributed by atoms with Crippen molar-refractivity contribution < 1.29 is 8.42 Å². The zero-order valence-electron chi connectivity index (χ0n) is 25.5. The number of nitriles is 1.